The van der Waals surface area contributed by atoms with Gasteiger partial charge in [-0.15, -0.1) is 0 Å². The Balaban J connectivity index is 1.57. The molecule has 0 aliphatic carbocycles. The van der Waals surface area contributed by atoms with E-state index in [2.05, 4.69) is 15.3 Å². The van der Waals surface area contributed by atoms with E-state index in [4.69, 9.17) is 16.3 Å². The lowest BCUT2D eigenvalue weighted by molar-refractivity contribution is 0.239. The quantitative estimate of drug-likeness (QED) is 0.627. The molecule has 0 saturated carbocycles. The molecule has 5 heteroatoms. The van der Waals surface area contributed by atoms with Gasteiger partial charge in [-0.05, 0) is 44.2 Å². The molecule has 0 radical (unpaired) electrons. The number of hydrogen-bond donors (Lipinski definition) is 2. The van der Waals surface area contributed by atoms with E-state index in [0.29, 0.717) is 6.54 Å². The van der Waals surface area contributed by atoms with E-state index in [-0.39, 0.29) is 6.10 Å². The molecular weight excluding hydrogens is 322 g/mol. The van der Waals surface area contributed by atoms with Crippen LogP contribution in [0.1, 0.15) is 25.2 Å². The third kappa shape index (κ3) is 4.28. The zero-order chi connectivity index (χ0) is 16.9. The molecule has 0 aliphatic heterocycles. The first kappa shape index (κ1) is 16.8. The van der Waals surface area contributed by atoms with Crippen LogP contribution in [0.2, 0.25) is 5.02 Å². The highest BCUT2D eigenvalue weighted by Gasteiger charge is 2.07. The molecule has 0 saturated heterocycles. The third-order valence-electron chi connectivity index (χ3n) is 3.68. The summed E-state index contributed by atoms with van der Waals surface area (Å²) in [5.41, 5.74) is 3.16. The molecule has 1 aromatic heterocycles. The van der Waals surface area contributed by atoms with Gasteiger partial charge in [-0.1, -0.05) is 23.7 Å². The number of ether oxygens (including phenoxy) is 1. The maximum absolute atomic E-state index is 6.11. The van der Waals surface area contributed by atoms with E-state index in [1.54, 1.807) is 0 Å². The summed E-state index contributed by atoms with van der Waals surface area (Å²) in [6.07, 6.45) is 0.982. The van der Waals surface area contributed by atoms with Gasteiger partial charge in [-0.2, -0.15) is 0 Å². The molecule has 0 bridgehead atoms. The minimum Gasteiger partial charge on any atom is -0.491 e. The minimum atomic E-state index is 0.139. The van der Waals surface area contributed by atoms with Gasteiger partial charge in [0.1, 0.15) is 11.6 Å². The molecule has 0 spiro atoms. The lowest BCUT2D eigenvalue weighted by Gasteiger charge is -2.15. The number of benzene rings is 2. The second-order valence-electron chi connectivity index (χ2n) is 6.05. The van der Waals surface area contributed by atoms with Gasteiger partial charge in [0.15, 0.2) is 0 Å². The molecule has 2 aromatic carbocycles. The fourth-order valence-electron chi connectivity index (χ4n) is 2.61. The number of halogens is 1. The number of nitrogens with one attached hydrogen (secondary N) is 2. The van der Waals surface area contributed by atoms with Crippen molar-refractivity contribution < 1.29 is 4.74 Å². The standard InChI is InChI=1S/C19H22ClN3O/c1-13(2)24-18-8-7-15(20)11-14(18)12-21-10-9-19-22-16-5-3-4-6-17(16)23-19/h3-8,11,13,21H,9-10,12H2,1-2H3,(H,22,23). The van der Waals surface area contributed by atoms with Crippen molar-refractivity contribution in [1.29, 1.82) is 0 Å². The molecule has 24 heavy (non-hydrogen) atoms. The van der Waals surface area contributed by atoms with E-state index in [9.17, 15) is 0 Å². The first-order valence-electron chi connectivity index (χ1n) is 8.21. The molecule has 0 atom stereocenters. The van der Waals surface area contributed by atoms with Crippen LogP contribution in [0.5, 0.6) is 5.75 Å². The van der Waals surface area contributed by atoms with Crippen LogP contribution in [0.25, 0.3) is 11.0 Å². The van der Waals surface area contributed by atoms with Crippen molar-refractivity contribution in [2.24, 2.45) is 0 Å². The Morgan fingerprint density at radius 2 is 2.04 bits per heavy atom. The van der Waals surface area contributed by atoms with Crippen molar-refractivity contribution in [1.82, 2.24) is 15.3 Å². The number of nitrogens with zero attached hydrogens (tertiary/aromatic N) is 1. The molecule has 0 unspecified atom stereocenters. The molecule has 4 nitrogen and oxygen atoms in total. The van der Waals surface area contributed by atoms with Crippen molar-refractivity contribution in [2.75, 3.05) is 6.54 Å². The smallest absolute Gasteiger partial charge is 0.124 e. The first-order chi connectivity index (χ1) is 11.6. The highest BCUT2D eigenvalue weighted by Crippen LogP contribution is 2.23. The summed E-state index contributed by atoms with van der Waals surface area (Å²) in [5.74, 6) is 1.87. The van der Waals surface area contributed by atoms with Crippen LogP contribution >= 0.6 is 11.6 Å². The molecule has 0 amide bonds. The predicted molar refractivity (Wildman–Crippen MR) is 98.7 cm³/mol. The van der Waals surface area contributed by atoms with Gasteiger partial charge in [0, 0.05) is 30.1 Å². The van der Waals surface area contributed by atoms with Crippen LogP contribution in [-0.2, 0) is 13.0 Å². The van der Waals surface area contributed by atoms with E-state index in [1.165, 1.54) is 0 Å². The van der Waals surface area contributed by atoms with Crippen molar-refractivity contribution in [3.63, 3.8) is 0 Å². The molecule has 2 N–H and O–H groups in total. The summed E-state index contributed by atoms with van der Waals surface area (Å²) in [5, 5.41) is 4.16. The number of aromatic nitrogens is 2. The second-order valence-corrected chi connectivity index (χ2v) is 6.48. The van der Waals surface area contributed by atoms with E-state index < -0.39 is 0 Å². The fourth-order valence-corrected chi connectivity index (χ4v) is 2.80. The van der Waals surface area contributed by atoms with Crippen molar-refractivity contribution in [3.8, 4) is 5.75 Å². The highest BCUT2D eigenvalue weighted by molar-refractivity contribution is 6.30. The Morgan fingerprint density at radius 3 is 2.83 bits per heavy atom. The number of aromatic amines is 1. The zero-order valence-electron chi connectivity index (χ0n) is 14.0. The Bertz CT molecular complexity index is 780. The van der Waals surface area contributed by atoms with Gasteiger partial charge in [-0.3, -0.25) is 0 Å². The average Bonchev–Trinajstić information content (AvgIpc) is 2.96. The number of hydrogen-bond acceptors (Lipinski definition) is 3. The van der Waals surface area contributed by atoms with Gasteiger partial charge in [0.25, 0.3) is 0 Å². The zero-order valence-corrected chi connectivity index (χ0v) is 14.7. The van der Waals surface area contributed by atoms with Crippen LogP contribution < -0.4 is 10.1 Å². The van der Waals surface area contributed by atoms with Crippen LogP contribution in [0.4, 0.5) is 0 Å². The average molecular weight is 344 g/mol. The Hall–Kier alpha value is -2.04. The fraction of sp³-hybridized carbons (Fsp3) is 0.316. The number of para-hydroxylation sites is 2. The molecule has 126 valence electrons. The Morgan fingerprint density at radius 1 is 1.21 bits per heavy atom. The summed E-state index contributed by atoms with van der Waals surface area (Å²) >= 11 is 6.11. The minimum absolute atomic E-state index is 0.139. The third-order valence-corrected chi connectivity index (χ3v) is 3.91. The van der Waals surface area contributed by atoms with Crippen LogP contribution in [0, 0.1) is 0 Å². The summed E-state index contributed by atoms with van der Waals surface area (Å²) < 4.78 is 5.84. The maximum atomic E-state index is 6.11. The first-order valence-corrected chi connectivity index (χ1v) is 8.59. The molecular formula is C19H22ClN3O. The Labute approximate surface area is 147 Å². The number of rotatable bonds is 7. The largest absolute Gasteiger partial charge is 0.491 e. The molecule has 1 heterocycles. The van der Waals surface area contributed by atoms with Gasteiger partial charge in [-0.25, -0.2) is 4.98 Å². The van der Waals surface area contributed by atoms with E-state index in [0.717, 1.165) is 46.2 Å². The molecule has 3 aromatic rings. The van der Waals surface area contributed by atoms with Gasteiger partial charge in [0.05, 0.1) is 17.1 Å². The Kier molecular flexibility index (Phi) is 5.38. The van der Waals surface area contributed by atoms with E-state index >= 15 is 0 Å². The summed E-state index contributed by atoms with van der Waals surface area (Å²) in [6.45, 7) is 5.58. The maximum Gasteiger partial charge on any atom is 0.124 e. The monoisotopic (exact) mass is 343 g/mol. The van der Waals surface area contributed by atoms with Gasteiger partial charge < -0.3 is 15.0 Å². The number of imidazole rings is 1. The van der Waals surface area contributed by atoms with Crippen molar-refractivity contribution in [3.05, 3.63) is 58.9 Å². The van der Waals surface area contributed by atoms with Crippen LogP contribution in [-0.4, -0.2) is 22.6 Å². The van der Waals surface area contributed by atoms with Crippen LogP contribution in [0.3, 0.4) is 0 Å². The predicted octanol–water partition coefficient (Wildman–Crippen LogP) is 4.34. The van der Waals surface area contributed by atoms with Crippen LogP contribution in [0.15, 0.2) is 42.5 Å². The number of H-pyrrole nitrogens is 1. The lowest BCUT2D eigenvalue weighted by atomic mass is 10.2. The molecule has 3 rings (SSSR count). The normalized spacial score (nSPS) is 11.3. The summed E-state index contributed by atoms with van der Waals surface area (Å²) in [4.78, 5) is 7.93. The number of fused-ring (bicyclic) bond motifs is 1. The van der Waals surface area contributed by atoms with Gasteiger partial charge >= 0.3 is 0 Å². The van der Waals surface area contributed by atoms with Crippen molar-refractivity contribution in [2.45, 2.75) is 32.9 Å². The second kappa shape index (κ2) is 7.69. The molecule has 0 aliphatic rings. The van der Waals surface area contributed by atoms with E-state index in [1.807, 2.05) is 56.3 Å². The summed E-state index contributed by atoms with van der Waals surface area (Å²) in [6, 6.07) is 13.8. The lowest BCUT2D eigenvalue weighted by Crippen LogP contribution is -2.18. The van der Waals surface area contributed by atoms with Crippen molar-refractivity contribution >= 4 is 22.6 Å². The topological polar surface area (TPSA) is 49.9 Å². The highest BCUT2D eigenvalue weighted by atomic mass is 35.5. The summed E-state index contributed by atoms with van der Waals surface area (Å²) in [7, 11) is 0. The van der Waals surface area contributed by atoms with Gasteiger partial charge in [0.2, 0.25) is 0 Å². The SMILES string of the molecule is CC(C)Oc1ccc(Cl)cc1CNCCc1nc2ccccc2[nH]1. The molecule has 0 fully saturated rings.